The summed E-state index contributed by atoms with van der Waals surface area (Å²) < 4.78 is 9.40. The summed E-state index contributed by atoms with van der Waals surface area (Å²) >= 11 is 1.03. The second kappa shape index (κ2) is 5.26. The average molecular weight is 284 g/mol. The standard InChI is InChI=1S/C12H16N2O4S/c1-6-4-8(5-18-6)10(15)14(3)11-9(12(16)17)7(2)13-19-11/h6,8H,4-5H2,1-3H3,(H,16,17). The van der Waals surface area contributed by atoms with Gasteiger partial charge in [-0.05, 0) is 31.8 Å². The number of aromatic carboxylic acids is 1. The molecule has 1 saturated heterocycles. The maximum absolute atomic E-state index is 12.3. The van der Waals surface area contributed by atoms with E-state index in [9.17, 15) is 14.7 Å². The highest BCUT2D eigenvalue weighted by atomic mass is 32.1. The molecule has 0 spiro atoms. The van der Waals surface area contributed by atoms with Crippen LogP contribution < -0.4 is 4.90 Å². The van der Waals surface area contributed by atoms with Crippen LogP contribution in [0.4, 0.5) is 5.00 Å². The van der Waals surface area contributed by atoms with E-state index in [-0.39, 0.29) is 23.5 Å². The minimum atomic E-state index is -1.06. The van der Waals surface area contributed by atoms with Gasteiger partial charge in [0.25, 0.3) is 0 Å². The summed E-state index contributed by atoms with van der Waals surface area (Å²) in [5.41, 5.74) is 0.538. The summed E-state index contributed by atoms with van der Waals surface area (Å²) in [6.07, 6.45) is 0.744. The molecule has 6 nitrogen and oxygen atoms in total. The van der Waals surface area contributed by atoms with E-state index in [4.69, 9.17) is 4.74 Å². The van der Waals surface area contributed by atoms with Crippen molar-refractivity contribution in [3.63, 3.8) is 0 Å². The molecule has 0 bridgehead atoms. The second-order valence-electron chi connectivity index (χ2n) is 4.73. The molecule has 2 unspecified atom stereocenters. The quantitative estimate of drug-likeness (QED) is 0.910. The van der Waals surface area contributed by atoms with Crippen LogP contribution in [0.2, 0.25) is 0 Å². The Morgan fingerprint density at radius 1 is 1.53 bits per heavy atom. The molecule has 1 amide bonds. The third-order valence-corrected chi connectivity index (χ3v) is 4.26. The average Bonchev–Trinajstić information content (AvgIpc) is 2.93. The normalized spacial score (nSPS) is 22.5. The molecular weight excluding hydrogens is 268 g/mol. The van der Waals surface area contributed by atoms with Gasteiger partial charge in [-0.25, -0.2) is 4.79 Å². The number of aryl methyl sites for hydroxylation is 1. The van der Waals surface area contributed by atoms with Gasteiger partial charge in [-0.2, -0.15) is 4.37 Å². The summed E-state index contributed by atoms with van der Waals surface area (Å²) in [6, 6.07) is 0. The Morgan fingerprint density at radius 2 is 2.21 bits per heavy atom. The first-order valence-electron chi connectivity index (χ1n) is 6.00. The van der Waals surface area contributed by atoms with E-state index in [0.29, 0.717) is 23.7 Å². The molecule has 1 aromatic rings. The van der Waals surface area contributed by atoms with Crippen LogP contribution in [0.5, 0.6) is 0 Å². The monoisotopic (exact) mass is 284 g/mol. The number of hydrogen-bond acceptors (Lipinski definition) is 5. The minimum absolute atomic E-state index is 0.0736. The predicted octanol–water partition coefficient (Wildman–Crippen LogP) is 1.54. The second-order valence-corrected chi connectivity index (χ2v) is 5.48. The zero-order valence-electron chi connectivity index (χ0n) is 11.0. The first kappa shape index (κ1) is 14.0. The molecule has 19 heavy (non-hydrogen) atoms. The van der Waals surface area contributed by atoms with Crippen molar-refractivity contribution in [3.8, 4) is 0 Å². The van der Waals surface area contributed by atoms with Crippen LogP contribution in [0, 0.1) is 12.8 Å². The van der Waals surface area contributed by atoms with E-state index in [1.807, 2.05) is 6.92 Å². The van der Waals surface area contributed by atoms with Gasteiger partial charge >= 0.3 is 5.97 Å². The van der Waals surface area contributed by atoms with Gasteiger partial charge in [0.15, 0.2) is 0 Å². The molecule has 0 aliphatic carbocycles. The van der Waals surface area contributed by atoms with Crippen LogP contribution in [-0.2, 0) is 9.53 Å². The molecular formula is C12H16N2O4S. The molecule has 0 radical (unpaired) electrons. The Labute approximate surface area is 115 Å². The number of anilines is 1. The number of carboxylic acid groups (broad SMARTS) is 1. The van der Waals surface area contributed by atoms with Gasteiger partial charge in [-0.15, -0.1) is 0 Å². The number of aromatic nitrogens is 1. The largest absolute Gasteiger partial charge is 0.478 e. The third-order valence-electron chi connectivity index (χ3n) is 3.24. The van der Waals surface area contributed by atoms with Crippen LogP contribution in [0.3, 0.4) is 0 Å². The van der Waals surface area contributed by atoms with Crippen molar-refractivity contribution in [1.29, 1.82) is 0 Å². The fraction of sp³-hybridized carbons (Fsp3) is 0.583. The minimum Gasteiger partial charge on any atom is -0.478 e. The Balaban J connectivity index is 2.22. The number of hydrogen-bond donors (Lipinski definition) is 1. The number of carbonyl (C=O) groups is 2. The van der Waals surface area contributed by atoms with Crippen LogP contribution in [0.25, 0.3) is 0 Å². The Bertz CT molecular complexity index is 514. The van der Waals surface area contributed by atoms with Crippen molar-refractivity contribution in [2.24, 2.45) is 5.92 Å². The van der Waals surface area contributed by atoms with Crippen molar-refractivity contribution in [2.45, 2.75) is 26.4 Å². The lowest BCUT2D eigenvalue weighted by molar-refractivity contribution is -0.122. The molecule has 2 rings (SSSR count). The summed E-state index contributed by atoms with van der Waals surface area (Å²) in [6.45, 7) is 3.94. The first-order valence-corrected chi connectivity index (χ1v) is 6.78. The smallest absolute Gasteiger partial charge is 0.340 e. The molecule has 1 aliphatic heterocycles. The van der Waals surface area contributed by atoms with Gasteiger partial charge in [-0.3, -0.25) is 4.79 Å². The summed E-state index contributed by atoms with van der Waals surface area (Å²) in [5, 5.41) is 9.56. The fourth-order valence-corrected chi connectivity index (χ4v) is 3.05. The molecule has 2 heterocycles. The third kappa shape index (κ3) is 2.62. The van der Waals surface area contributed by atoms with Gasteiger partial charge in [0.05, 0.1) is 24.3 Å². The lowest BCUT2D eigenvalue weighted by Gasteiger charge is -2.19. The van der Waals surface area contributed by atoms with E-state index >= 15 is 0 Å². The highest BCUT2D eigenvalue weighted by molar-refractivity contribution is 7.11. The number of carbonyl (C=O) groups excluding carboxylic acids is 1. The van der Waals surface area contributed by atoms with Gasteiger partial charge < -0.3 is 14.7 Å². The topological polar surface area (TPSA) is 79.7 Å². The molecule has 1 aromatic heterocycles. The molecule has 0 saturated carbocycles. The Hall–Kier alpha value is -1.47. The van der Waals surface area contributed by atoms with Crippen LogP contribution >= 0.6 is 11.5 Å². The Kier molecular flexibility index (Phi) is 3.86. The summed E-state index contributed by atoms with van der Waals surface area (Å²) in [5.74, 6) is -1.38. The summed E-state index contributed by atoms with van der Waals surface area (Å²) in [7, 11) is 1.59. The summed E-state index contributed by atoms with van der Waals surface area (Å²) in [4.78, 5) is 24.9. The molecule has 2 atom stereocenters. The lowest BCUT2D eigenvalue weighted by atomic mass is 10.0. The van der Waals surface area contributed by atoms with E-state index < -0.39 is 5.97 Å². The number of rotatable bonds is 3. The van der Waals surface area contributed by atoms with Gasteiger partial charge in [0, 0.05) is 7.05 Å². The van der Waals surface area contributed by atoms with Crippen LogP contribution in [0.1, 0.15) is 29.4 Å². The van der Waals surface area contributed by atoms with E-state index in [0.717, 1.165) is 11.5 Å². The van der Waals surface area contributed by atoms with Crippen molar-refractivity contribution in [3.05, 3.63) is 11.3 Å². The highest BCUT2D eigenvalue weighted by Gasteiger charge is 2.33. The molecule has 1 N–H and O–H groups in total. The molecule has 104 valence electrons. The number of ether oxygens (including phenoxy) is 1. The van der Waals surface area contributed by atoms with Crippen LogP contribution in [0.15, 0.2) is 0 Å². The van der Waals surface area contributed by atoms with Crippen molar-refractivity contribution in [1.82, 2.24) is 4.37 Å². The fourth-order valence-electron chi connectivity index (χ4n) is 2.20. The zero-order chi connectivity index (χ0) is 14.2. The maximum Gasteiger partial charge on any atom is 0.340 e. The van der Waals surface area contributed by atoms with Crippen molar-refractivity contribution < 1.29 is 19.4 Å². The molecule has 7 heteroatoms. The van der Waals surface area contributed by atoms with E-state index in [1.54, 1.807) is 14.0 Å². The maximum atomic E-state index is 12.3. The van der Waals surface area contributed by atoms with E-state index in [2.05, 4.69) is 4.37 Å². The predicted molar refractivity (Wildman–Crippen MR) is 70.7 cm³/mol. The number of nitrogens with zero attached hydrogens (tertiary/aromatic N) is 2. The molecule has 1 fully saturated rings. The van der Waals surface area contributed by atoms with E-state index in [1.165, 1.54) is 4.90 Å². The van der Waals surface area contributed by atoms with Crippen molar-refractivity contribution >= 4 is 28.4 Å². The zero-order valence-corrected chi connectivity index (χ0v) is 11.9. The Morgan fingerprint density at radius 3 is 2.74 bits per heavy atom. The molecule has 1 aliphatic rings. The van der Waals surface area contributed by atoms with Gasteiger partial charge in [0.1, 0.15) is 10.6 Å². The highest BCUT2D eigenvalue weighted by Crippen LogP contribution is 2.30. The SMILES string of the molecule is Cc1nsc(N(C)C(=O)C2COC(C)C2)c1C(=O)O. The van der Waals surface area contributed by atoms with Crippen molar-refractivity contribution in [2.75, 3.05) is 18.6 Å². The number of carboxylic acids is 1. The molecule has 0 aromatic carbocycles. The first-order chi connectivity index (χ1) is 8.91. The number of amides is 1. The lowest BCUT2D eigenvalue weighted by Crippen LogP contribution is -2.33. The van der Waals surface area contributed by atoms with Gasteiger partial charge in [-0.1, -0.05) is 0 Å². The van der Waals surface area contributed by atoms with Crippen LogP contribution in [-0.4, -0.2) is 41.1 Å². The van der Waals surface area contributed by atoms with Gasteiger partial charge in [0.2, 0.25) is 5.91 Å².